The molecule has 3 heterocycles. The first kappa shape index (κ1) is 13.4. The second-order valence-corrected chi connectivity index (χ2v) is 5.20. The zero-order valence-corrected chi connectivity index (χ0v) is 12.0. The molecule has 0 fully saturated rings. The van der Waals surface area contributed by atoms with E-state index in [2.05, 4.69) is 15.5 Å². The Morgan fingerprint density at radius 1 is 1.17 bits per heavy atom. The molecule has 0 saturated heterocycles. The number of carbonyl (C=O) groups excluding carboxylic acids is 2. The molecule has 7 nitrogen and oxygen atoms in total. The largest absolute Gasteiger partial charge is 0.448 e. The molecule has 0 aliphatic carbocycles. The molecule has 4 rings (SSSR count). The molecule has 23 heavy (non-hydrogen) atoms. The second kappa shape index (κ2) is 5.20. The molecule has 2 aromatic heterocycles. The van der Waals surface area contributed by atoms with Gasteiger partial charge in [-0.25, -0.2) is 4.79 Å². The van der Waals surface area contributed by atoms with Crippen LogP contribution in [0.4, 0.5) is 5.95 Å². The lowest BCUT2D eigenvalue weighted by Gasteiger charge is -2.23. The van der Waals surface area contributed by atoms with Crippen LogP contribution in [0.1, 0.15) is 15.9 Å². The Morgan fingerprint density at radius 2 is 2.00 bits per heavy atom. The van der Waals surface area contributed by atoms with Crippen LogP contribution in [0.5, 0.6) is 0 Å². The summed E-state index contributed by atoms with van der Waals surface area (Å²) in [6.45, 7) is 0. The van der Waals surface area contributed by atoms with Crippen molar-refractivity contribution >= 4 is 23.5 Å². The molecule has 1 amide bonds. The van der Waals surface area contributed by atoms with Crippen LogP contribution in [-0.2, 0) is 16.0 Å². The van der Waals surface area contributed by atoms with E-state index in [1.54, 1.807) is 28.8 Å². The molecule has 0 saturated carbocycles. The lowest BCUT2D eigenvalue weighted by atomic mass is 9.98. The molecule has 1 aromatic carbocycles. The van der Waals surface area contributed by atoms with Gasteiger partial charge in [0.1, 0.15) is 0 Å². The van der Waals surface area contributed by atoms with Crippen LogP contribution in [-0.4, -0.2) is 32.6 Å². The maximum atomic E-state index is 12.4. The van der Waals surface area contributed by atoms with E-state index in [4.69, 9.17) is 4.74 Å². The van der Waals surface area contributed by atoms with Gasteiger partial charge < -0.3 is 4.74 Å². The number of pyridine rings is 1. The number of nitrogens with one attached hydrogen (secondary N) is 1. The van der Waals surface area contributed by atoms with Gasteiger partial charge in [0.15, 0.2) is 11.8 Å². The van der Waals surface area contributed by atoms with Gasteiger partial charge in [-0.1, -0.05) is 24.3 Å². The Kier molecular flexibility index (Phi) is 3.04. The second-order valence-electron chi connectivity index (χ2n) is 5.20. The average molecular weight is 308 g/mol. The minimum absolute atomic E-state index is 0.292. The smallest absolute Gasteiger partial charge is 0.339 e. The maximum Gasteiger partial charge on any atom is 0.339 e. The summed E-state index contributed by atoms with van der Waals surface area (Å²) in [5.74, 6) is -0.621. The van der Waals surface area contributed by atoms with Gasteiger partial charge in [0.2, 0.25) is 5.95 Å². The fourth-order valence-corrected chi connectivity index (χ4v) is 2.60. The van der Waals surface area contributed by atoms with Gasteiger partial charge in [-0.3, -0.25) is 14.5 Å². The number of rotatable bonds is 2. The third-order valence-electron chi connectivity index (χ3n) is 3.73. The first-order valence-electron chi connectivity index (χ1n) is 7.12. The number of benzene rings is 1. The number of esters is 1. The van der Waals surface area contributed by atoms with Crippen LogP contribution < -0.4 is 5.32 Å². The molecule has 1 atom stereocenters. The molecular weight excluding hydrogens is 296 g/mol. The molecule has 0 bridgehead atoms. The van der Waals surface area contributed by atoms with Crippen LogP contribution in [0.25, 0.3) is 5.65 Å². The molecule has 0 radical (unpaired) electrons. The fourth-order valence-electron chi connectivity index (χ4n) is 2.60. The number of hydrogen-bond donors (Lipinski definition) is 1. The van der Waals surface area contributed by atoms with Gasteiger partial charge in [-0.15, -0.1) is 10.2 Å². The number of amides is 1. The number of ether oxygens (including phenoxy) is 1. The first-order valence-corrected chi connectivity index (χ1v) is 7.12. The number of aromatic nitrogens is 3. The van der Waals surface area contributed by atoms with E-state index in [1.807, 2.05) is 24.3 Å². The highest BCUT2D eigenvalue weighted by atomic mass is 16.5. The number of anilines is 1. The van der Waals surface area contributed by atoms with Crippen molar-refractivity contribution in [3.8, 4) is 0 Å². The van der Waals surface area contributed by atoms with Gasteiger partial charge in [-0.05, 0) is 23.8 Å². The summed E-state index contributed by atoms with van der Waals surface area (Å²) in [6, 6.07) is 12.5. The van der Waals surface area contributed by atoms with E-state index >= 15 is 0 Å². The highest BCUT2D eigenvalue weighted by Crippen LogP contribution is 2.21. The van der Waals surface area contributed by atoms with Gasteiger partial charge in [0, 0.05) is 12.6 Å². The summed E-state index contributed by atoms with van der Waals surface area (Å²) in [7, 11) is 0. The summed E-state index contributed by atoms with van der Waals surface area (Å²) in [4.78, 5) is 24.4. The zero-order chi connectivity index (χ0) is 15.8. The van der Waals surface area contributed by atoms with Gasteiger partial charge in [0.25, 0.3) is 5.91 Å². The van der Waals surface area contributed by atoms with E-state index in [9.17, 15) is 9.59 Å². The third kappa shape index (κ3) is 2.32. The Morgan fingerprint density at radius 3 is 2.91 bits per heavy atom. The predicted molar refractivity (Wildman–Crippen MR) is 81.0 cm³/mol. The Balaban J connectivity index is 1.57. The summed E-state index contributed by atoms with van der Waals surface area (Å²) >= 11 is 0. The fraction of sp³-hybridized carbons (Fsp3) is 0.125. The standard InChI is InChI=1S/C16H12N4O3/c21-14(17-16-19-18-13-7-3-4-8-20(13)16)12-9-10-5-1-2-6-11(10)15(22)23-12/h1-8,12H,9H2,(H,17,19,21). The number of carbonyl (C=O) groups is 2. The first-order chi connectivity index (χ1) is 11.2. The number of hydrogen-bond acceptors (Lipinski definition) is 5. The lowest BCUT2D eigenvalue weighted by molar-refractivity contribution is -0.125. The van der Waals surface area contributed by atoms with Crippen molar-refractivity contribution in [3.63, 3.8) is 0 Å². The summed E-state index contributed by atoms with van der Waals surface area (Å²) in [6.07, 6.45) is 1.20. The van der Waals surface area contributed by atoms with Crippen molar-refractivity contribution in [2.45, 2.75) is 12.5 Å². The quantitative estimate of drug-likeness (QED) is 0.724. The van der Waals surface area contributed by atoms with Crippen LogP contribution in [0, 0.1) is 0 Å². The molecule has 7 heteroatoms. The third-order valence-corrected chi connectivity index (χ3v) is 3.73. The van der Waals surface area contributed by atoms with E-state index in [0.717, 1.165) is 5.56 Å². The molecule has 1 unspecified atom stereocenters. The van der Waals surface area contributed by atoms with Crippen molar-refractivity contribution in [1.29, 1.82) is 0 Å². The topological polar surface area (TPSA) is 85.6 Å². The van der Waals surface area contributed by atoms with Crippen LogP contribution in [0.2, 0.25) is 0 Å². The Labute approximate surface area is 130 Å². The molecule has 1 N–H and O–H groups in total. The van der Waals surface area contributed by atoms with E-state index in [0.29, 0.717) is 23.6 Å². The maximum absolute atomic E-state index is 12.4. The molecule has 3 aromatic rings. The van der Waals surface area contributed by atoms with Crippen LogP contribution >= 0.6 is 0 Å². The molecule has 0 spiro atoms. The predicted octanol–water partition coefficient (Wildman–Crippen LogP) is 1.45. The highest BCUT2D eigenvalue weighted by Gasteiger charge is 2.31. The van der Waals surface area contributed by atoms with Crippen molar-refractivity contribution in [2.75, 3.05) is 5.32 Å². The summed E-state index contributed by atoms with van der Waals surface area (Å²) < 4.78 is 6.88. The highest BCUT2D eigenvalue weighted by molar-refractivity contribution is 5.99. The monoisotopic (exact) mass is 308 g/mol. The van der Waals surface area contributed by atoms with Crippen LogP contribution in [0.3, 0.4) is 0 Å². The van der Waals surface area contributed by atoms with Gasteiger partial charge >= 0.3 is 5.97 Å². The minimum Gasteiger partial charge on any atom is -0.448 e. The molecule has 114 valence electrons. The Bertz CT molecular complexity index is 918. The van der Waals surface area contributed by atoms with Gasteiger partial charge in [-0.2, -0.15) is 0 Å². The number of fused-ring (bicyclic) bond motifs is 2. The SMILES string of the molecule is O=C1OC(C(=O)Nc2nnc3ccccn23)Cc2ccccc21. The Hall–Kier alpha value is -3.22. The van der Waals surface area contributed by atoms with Gasteiger partial charge in [0.05, 0.1) is 5.56 Å². The molecule has 1 aliphatic heterocycles. The lowest BCUT2D eigenvalue weighted by Crippen LogP contribution is -2.38. The molecular formula is C16H12N4O3. The zero-order valence-electron chi connectivity index (χ0n) is 12.0. The average Bonchev–Trinajstić information content (AvgIpc) is 2.98. The summed E-state index contributed by atoms with van der Waals surface area (Å²) in [5.41, 5.74) is 1.92. The molecule has 1 aliphatic rings. The van der Waals surface area contributed by atoms with E-state index in [1.165, 1.54) is 0 Å². The number of cyclic esters (lactones) is 1. The normalized spacial score (nSPS) is 16.7. The van der Waals surface area contributed by atoms with E-state index in [-0.39, 0.29) is 0 Å². The minimum atomic E-state index is -0.881. The number of nitrogens with zero attached hydrogens (tertiary/aromatic N) is 3. The van der Waals surface area contributed by atoms with Crippen molar-refractivity contribution in [1.82, 2.24) is 14.6 Å². The summed E-state index contributed by atoms with van der Waals surface area (Å²) in [5, 5.41) is 10.6. The van der Waals surface area contributed by atoms with Crippen LogP contribution in [0.15, 0.2) is 48.7 Å². The van der Waals surface area contributed by atoms with Crippen molar-refractivity contribution in [3.05, 3.63) is 59.8 Å². The van der Waals surface area contributed by atoms with Crippen molar-refractivity contribution in [2.24, 2.45) is 0 Å². The van der Waals surface area contributed by atoms with E-state index < -0.39 is 18.0 Å². The van der Waals surface area contributed by atoms with Crippen molar-refractivity contribution < 1.29 is 14.3 Å².